The monoisotopic (exact) mass is 173 g/mol. The highest BCUT2D eigenvalue weighted by Crippen LogP contribution is 2.08. The second kappa shape index (κ2) is 5.51. The van der Waals surface area contributed by atoms with Crippen LogP contribution in [0.2, 0.25) is 0 Å². The van der Waals surface area contributed by atoms with Crippen LogP contribution in [0.25, 0.3) is 0 Å². The molecule has 3 heteroatoms. The molecule has 1 unspecified atom stereocenters. The number of likely N-dealkylation sites (tertiary alicyclic amines) is 1. The molecule has 0 saturated carbocycles. The Morgan fingerprint density at radius 3 is 2.58 bits per heavy atom. The first-order valence-electron chi connectivity index (χ1n) is 4.72. The Kier molecular flexibility index (Phi) is 4.58. The third-order valence-corrected chi connectivity index (χ3v) is 2.28. The molecule has 1 saturated heterocycles. The molecule has 1 N–H and O–H groups in total. The molecule has 0 bridgehead atoms. The molecule has 0 aromatic heterocycles. The molecule has 1 aliphatic heterocycles. The van der Waals surface area contributed by atoms with Crippen molar-refractivity contribution in [1.82, 2.24) is 4.90 Å². The second-order valence-electron chi connectivity index (χ2n) is 3.47. The lowest BCUT2D eigenvalue weighted by Gasteiger charge is -2.28. The summed E-state index contributed by atoms with van der Waals surface area (Å²) in [6, 6.07) is 0. The molecule has 0 aromatic rings. The largest absolute Gasteiger partial charge is 0.389 e. The standard InChI is InChI=1S/C9H19NO2/c1-12-8-9(11)7-10-5-3-2-4-6-10/h9,11H,2-8H2,1H3. The number of β-amino-alcohol motifs (C(OH)–C–C–N with tert-alkyl or cyclic N) is 1. The molecule has 0 aliphatic carbocycles. The molecule has 0 radical (unpaired) electrons. The van der Waals surface area contributed by atoms with Crippen LogP contribution in [0.1, 0.15) is 19.3 Å². The van der Waals surface area contributed by atoms with E-state index in [0.717, 1.165) is 19.6 Å². The van der Waals surface area contributed by atoms with Crippen LogP contribution in [-0.2, 0) is 4.74 Å². The second-order valence-corrected chi connectivity index (χ2v) is 3.47. The molecular formula is C9H19NO2. The fraction of sp³-hybridized carbons (Fsp3) is 1.00. The van der Waals surface area contributed by atoms with Gasteiger partial charge in [-0.25, -0.2) is 0 Å². The maximum Gasteiger partial charge on any atom is 0.0900 e. The number of aliphatic hydroxyl groups excluding tert-OH is 1. The van der Waals surface area contributed by atoms with E-state index in [9.17, 15) is 5.11 Å². The SMILES string of the molecule is COCC(O)CN1CCCCC1. The van der Waals surface area contributed by atoms with Gasteiger partial charge in [0.15, 0.2) is 0 Å². The predicted octanol–water partition coefficient (Wildman–Crippen LogP) is 0.480. The summed E-state index contributed by atoms with van der Waals surface area (Å²) < 4.78 is 4.87. The van der Waals surface area contributed by atoms with Crippen LogP contribution >= 0.6 is 0 Å². The van der Waals surface area contributed by atoms with E-state index in [1.807, 2.05) is 0 Å². The quantitative estimate of drug-likeness (QED) is 0.671. The minimum absolute atomic E-state index is 0.312. The molecular weight excluding hydrogens is 154 g/mol. The Bertz CT molecular complexity index is 113. The molecule has 1 heterocycles. The van der Waals surface area contributed by atoms with Gasteiger partial charge in [0, 0.05) is 13.7 Å². The average molecular weight is 173 g/mol. The molecule has 1 aliphatic rings. The zero-order valence-electron chi connectivity index (χ0n) is 7.83. The van der Waals surface area contributed by atoms with Crippen molar-refractivity contribution in [1.29, 1.82) is 0 Å². The van der Waals surface area contributed by atoms with Gasteiger partial charge in [0.1, 0.15) is 0 Å². The van der Waals surface area contributed by atoms with Crippen molar-refractivity contribution >= 4 is 0 Å². The lowest BCUT2D eigenvalue weighted by atomic mass is 10.1. The van der Waals surface area contributed by atoms with Gasteiger partial charge >= 0.3 is 0 Å². The summed E-state index contributed by atoms with van der Waals surface area (Å²) in [5.41, 5.74) is 0. The summed E-state index contributed by atoms with van der Waals surface area (Å²) in [7, 11) is 1.62. The van der Waals surface area contributed by atoms with Crippen LogP contribution in [0, 0.1) is 0 Å². The van der Waals surface area contributed by atoms with Crippen molar-refractivity contribution in [2.75, 3.05) is 33.4 Å². The van der Waals surface area contributed by atoms with Gasteiger partial charge in [0.05, 0.1) is 12.7 Å². The van der Waals surface area contributed by atoms with E-state index < -0.39 is 0 Å². The summed E-state index contributed by atoms with van der Waals surface area (Å²) in [6.07, 6.45) is 3.59. The van der Waals surface area contributed by atoms with Gasteiger partial charge < -0.3 is 14.7 Å². The summed E-state index contributed by atoms with van der Waals surface area (Å²) >= 11 is 0. The van der Waals surface area contributed by atoms with Gasteiger partial charge in [-0.2, -0.15) is 0 Å². The van der Waals surface area contributed by atoms with Crippen molar-refractivity contribution in [2.24, 2.45) is 0 Å². The van der Waals surface area contributed by atoms with E-state index in [1.165, 1.54) is 19.3 Å². The number of hydrogen-bond donors (Lipinski definition) is 1. The number of rotatable bonds is 4. The van der Waals surface area contributed by atoms with Gasteiger partial charge in [0.25, 0.3) is 0 Å². The number of aliphatic hydroxyl groups is 1. The van der Waals surface area contributed by atoms with E-state index in [4.69, 9.17) is 4.74 Å². The molecule has 0 spiro atoms. The Balaban J connectivity index is 2.11. The Morgan fingerprint density at radius 2 is 2.00 bits per heavy atom. The van der Waals surface area contributed by atoms with Crippen LogP contribution in [0.4, 0.5) is 0 Å². The van der Waals surface area contributed by atoms with Gasteiger partial charge in [-0.15, -0.1) is 0 Å². The third kappa shape index (κ3) is 3.52. The van der Waals surface area contributed by atoms with Crippen molar-refractivity contribution in [2.45, 2.75) is 25.4 Å². The molecule has 1 atom stereocenters. The van der Waals surface area contributed by atoms with Crippen molar-refractivity contribution in [3.05, 3.63) is 0 Å². The third-order valence-electron chi connectivity index (χ3n) is 2.28. The minimum Gasteiger partial charge on any atom is -0.389 e. The van der Waals surface area contributed by atoms with Crippen LogP contribution < -0.4 is 0 Å². The molecule has 12 heavy (non-hydrogen) atoms. The molecule has 0 amide bonds. The molecule has 1 fully saturated rings. The van der Waals surface area contributed by atoms with E-state index in [2.05, 4.69) is 4.90 Å². The van der Waals surface area contributed by atoms with Crippen molar-refractivity contribution in [3.8, 4) is 0 Å². The van der Waals surface area contributed by atoms with Crippen LogP contribution in [-0.4, -0.2) is 49.5 Å². The number of hydrogen-bond acceptors (Lipinski definition) is 3. The highest BCUT2D eigenvalue weighted by Gasteiger charge is 2.13. The van der Waals surface area contributed by atoms with Crippen molar-refractivity contribution < 1.29 is 9.84 Å². The van der Waals surface area contributed by atoms with Gasteiger partial charge in [0.2, 0.25) is 0 Å². The first kappa shape index (κ1) is 9.96. The number of nitrogens with zero attached hydrogens (tertiary/aromatic N) is 1. The Morgan fingerprint density at radius 1 is 1.33 bits per heavy atom. The Hall–Kier alpha value is -0.120. The number of ether oxygens (including phenoxy) is 1. The summed E-state index contributed by atoms with van der Waals surface area (Å²) in [6.45, 7) is 3.51. The molecule has 1 rings (SSSR count). The average Bonchev–Trinajstić information content (AvgIpc) is 2.06. The fourth-order valence-corrected chi connectivity index (χ4v) is 1.69. The Labute approximate surface area is 74.3 Å². The number of methoxy groups -OCH3 is 1. The first-order valence-corrected chi connectivity index (χ1v) is 4.72. The summed E-state index contributed by atoms with van der Waals surface area (Å²) in [5, 5.41) is 9.43. The lowest BCUT2D eigenvalue weighted by Crippen LogP contribution is -2.37. The highest BCUT2D eigenvalue weighted by atomic mass is 16.5. The van der Waals surface area contributed by atoms with Crippen molar-refractivity contribution in [3.63, 3.8) is 0 Å². The lowest BCUT2D eigenvalue weighted by molar-refractivity contribution is 0.0335. The van der Waals surface area contributed by atoms with Crippen LogP contribution in [0.3, 0.4) is 0 Å². The highest BCUT2D eigenvalue weighted by molar-refractivity contribution is 4.68. The van der Waals surface area contributed by atoms with Crippen LogP contribution in [0.5, 0.6) is 0 Å². The van der Waals surface area contributed by atoms with E-state index in [0.29, 0.717) is 6.61 Å². The zero-order valence-corrected chi connectivity index (χ0v) is 7.83. The fourth-order valence-electron chi connectivity index (χ4n) is 1.69. The van der Waals surface area contributed by atoms with E-state index in [1.54, 1.807) is 7.11 Å². The smallest absolute Gasteiger partial charge is 0.0900 e. The van der Waals surface area contributed by atoms with E-state index in [-0.39, 0.29) is 6.10 Å². The first-order chi connectivity index (χ1) is 5.83. The topological polar surface area (TPSA) is 32.7 Å². The maximum atomic E-state index is 9.43. The minimum atomic E-state index is -0.312. The normalized spacial score (nSPS) is 22.5. The zero-order chi connectivity index (χ0) is 8.81. The van der Waals surface area contributed by atoms with Gasteiger partial charge in [-0.05, 0) is 25.9 Å². The van der Waals surface area contributed by atoms with Gasteiger partial charge in [-0.3, -0.25) is 0 Å². The van der Waals surface area contributed by atoms with Crippen LogP contribution in [0.15, 0.2) is 0 Å². The van der Waals surface area contributed by atoms with E-state index >= 15 is 0 Å². The van der Waals surface area contributed by atoms with Gasteiger partial charge in [-0.1, -0.05) is 6.42 Å². The summed E-state index contributed by atoms with van der Waals surface area (Å²) in [4.78, 5) is 2.31. The summed E-state index contributed by atoms with van der Waals surface area (Å²) in [5.74, 6) is 0. The number of piperidine rings is 1. The predicted molar refractivity (Wildman–Crippen MR) is 48.2 cm³/mol. The molecule has 0 aromatic carbocycles. The molecule has 72 valence electrons. The molecule has 3 nitrogen and oxygen atoms in total. The maximum absolute atomic E-state index is 9.43.